The normalized spacial score (nSPS) is 13.0. The first-order valence-electron chi connectivity index (χ1n) is 21.1. The SMILES string of the molecule is c1ccc(-c2ccc(N(c3ccc4c(c3)C3(c5ccccc5-c5ccccc53)c3ccccc3-4)c3cc4oc5ccc6ccccc6c5c4cc3-c3ccccc3)cc2)cc1. The van der Waals surface area contributed by atoms with Crippen molar-refractivity contribution in [3.63, 3.8) is 0 Å². The van der Waals surface area contributed by atoms with E-state index in [1.54, 1.807) is 0 Å². The number of nitrogens with zero attached hydrogens (tertiary/aromatic N) is 1. The number of hydrogen-bond donors (Lipinski definition) is 0. The van der Waals surface area contributed by atoms with Crippen LogP contribution in [-0.2, 0) is 5.41 Å². The Kier molecular flexibility index (Phi) is 7.26. The maximum Gasteiger partial charge on any atom is 0.137 e. The van der Waals surface area contributed by atoms with Gasteiger partial charge in [0.05, 0.1) is 11.1 Å². The summed E-state index contributed by atoms with van der Waals surface area (Å²) < 4.78 is 6.83. The number of anilines is 3. The molecule has 2 aliphatic rings. The third kappa shape index (κ3) is 4.85. The molecular weight excluding hydrogens is 739 g/mol. The average Bonchev–Trinajstić information content (AvgIpc) is 3.96. The highest BCUT2D eigenvalue weighted by Gasteiger charge is 2.51. The minimum absolute atomic E-state index is 0.468. The molecule has 0 radical (unpaired) electrons. The number of benzene rings is 10. The molecule has 1 aromatic heterocycles. The van der Waals surface area contributed by atoms with Gasteiger partial charge in [0.15, 0.2) is 0 Å². The molecule has 2 aliphatic carbocycles. The number of hydrogen-bond acceptors (Lipinski definition) is 2. The van der Waals surface area contributed by atoms with Crippen LogP contribution in [0.4, 0.5) is 17.1 Å². The lowest BCUT2D eigenvalue weighted by molar-refractivity contribution is 0.669. The number of fused-ring (bicyclic) bond motifs is 15. The van der Waals surface area contributed by atoms with Crippen LogP contribution in [0.1, 0.15) is 22.3 Å². The fraction of sp³-hybridized carbons (Fsp3) is 0.0169. The first-order chi connectivity index (χ1) is 30.3. The molecule has 1 spiro atoms. The van der Waals surface area contributed by atoms with Gasteiger partial charge in [0.25, 0.3) is 0 Å². The Morgan fingerprint density at radius 2 is 0.869 bits per heavy atom. The van der Waals surface area contributed by atoms with E-state index in [0.717, 1.165) is 50.1 Å². The minimum atomic E-state index is -0.468. The van der Waals surface area contributed by atoms with Gasteiger partial charge < -0.3 is 9.32 Å². The van der Waals surface area contributed by atoms with Gasteiger partial charge in [-0.2, -0.15) is 0 Å². The van der Waals surface area contributed by atoms with E-state index in [1.807, 2.05) is 0 Å². The van der Waals surface area contributed by atoms with Crippen LogP contribution in [0.2, 0.25) is 0 Å². The Hall–Kier alpha value is -7.94. The summed E-state index contributed by atoms with van der Waals surface area (Å²) >= 11 is 0. The van der Waals surface area contributed by atoms with Crippen LogP contribution in [-0.4, -0.2) is 0 Å². The molecule has 0 aliphatic heterocycles. The molecule has 0 saturated heterocycles. The Bertz CT molecular complexity index is 3460. The largest absolute Gasteiger partial charge is 0.456 e. The molecule has 13 rings (SSSR count). The Morgan fingerprint density at radius 3 is 1.54 bits per heavy atom. The third-order valence-corrected chi connectivity index (χ3v) is 13.3. The van der Waals surface area contributed by atoms with Crippen LogP contribution in [0.15, 0.2) is 229 Å². The van der Waals surface area contributed by atoms with Gasteiger partial charge in [-0.3, -0.25) is 0 Å². The minimum Gasteiger partial charge on any atom is -0.456 e. The summed E-state index contributed by atoms with van der Waals surface area (Å²) in [6.45, 7) is 0. The summed E-state index contributed by atoms with van der Waals surface area (Å²) in [5.41, 5.74) is 19.6. The van der Waals surface area contributed by atoms with Crippen molar-refractivity contribution in [3.8, 4) is 44.5 Å². The summed E-state index contributed by atoms with van der Waals surface area (Å²) in [6.07, 6.45) is 0. The average molecular weight is 776 g/mol. The van der Waals surface area contributed by atoms with Crippen LogP contribution in [0.3, 0.4) is 0 Å². The molecule has 61 heavy (non-hydrogen) atoms. The molecule has 0 fully saturated rings. The predicted octanol–water partition coefficient (Wildman–Crippen LogP) is 15.9. The van der Waals surface area contributed by atoms with Crippen molar-refractivity contribution in [1.29, 1.82) is 0 Å². The number of rotatable bonds is 5. The number of furan rings is 1. The van der Waals surface area contributed by atoms with E-state index >= 15 is 0 Å². The fourth-order valence-corrected chi connectivity index (χ4v) is 10.7. The predicted molar refractivity (Wildman–Crippen MR) is 253 cm³/mol. The standard InChI is InChI=1S/C59H37NO/c1-3-15-38(16-4-1)39-27-30-42(31-28-39)60(55-37-57-50(36-49(55)40-17-5-2-6-18-40)58-44-20-8-7-19-41(44)29-34-56(58)61-57)43-32-33-48-47-23-11-14-26-53(47)59(54(48)35-43)51-24-12-9-21-45(51)46-22-10-13-25-52(46)59/h1-37H. The molecule has 284 valence electrons. The van der Waals surface area contributed by atoms with Gasteiger partial charge >= 0.3 is 0 Å². The van der Waals surface area contributed by atoms with Gasteiger partial charge in [0.2, 0.25) is 0 Å². The van der Waals surface area contributed by atoms with Crippen LogP contribution in [0.25, 0.3) is 77.2 Å². The van der Waals surface area contributed by atoms with Crippen LogP contribution in [0, 0.1) is 0 Å². The highest BCUT2D eigenvalue weighted by Crippen LogP contribution is 2.63. The van der Waals surface area contributed by atoms with Crippen molar-refractivity contribution in [3.05, 3.63) is 247 Å². The highest BCUT2D eigenvalue weighted by molar-refractivity contribution is 6.20. The molecule has 0 N–H and O–H groups in total. The van der Waals surface area contributed by atoms with Crippen molar-refractivity contribution in [2.75, 3.05) is 4.90 Å². The van der Waals surface area contributed by atoms with Crippen molar-refractivity contribution >= 4 is 49.8 Å². The van der Waals surface area contributed by atoms with Crippen LogP contribution < -0.4 is 4.90 Å². The van der Waals surface area contributed by atoms with Crippen molar-refractivity contribution in [1.82, 2.24) is 0 Å². The molecule has 2 nitrogen and oxygen atoms in total. The monoisotopic (exact) mass is 775 g/mol. The van der Waals surface area contributed by atoms with Gasteiger partial charge in [-0.25, -0.2) is 0 Å². The smallest absolute Gasteiger partial charge is 0.137 e. The second-order valence-electron chi connectivity index (χ2n) is 16.4. The lowest BCUT2D eigenvalue weighted by Gasteiger charge is -2.32. The fourth-order valence-electron chi connectivity index (χ4n) is 10.7. The van der Waals surface area contributed by atoms with E-state index in [2.05, 4.69) is 229 Å². The van der Waals surface area contributed by atoms with Gasteiger partial charge in [-0.15, -0.1) is 0 Å². The molecule has 0 unspecified atom stereocenters. The van der Waals surface area contributed by atoms with Gasteiger partial charge in [-0.05, 0) is 108 Å². The summed E-state index contributed by atoms with van der Waals surface area (Å²) in [7, 11) is 0. The molecule has 0 saturated carbocycles. The van der Waals surface area contributed by atoms with E-state index in [4.69, 9.17) is 4.42 Å². The molecule has 0 bridgehead atoms. The molecular formula is C59H37NO. The van der Waals surface area contributed by atoms with E-state index in [1.165, 1.54) is 66.4 Å². The molecule has 2 heteroatoms. The summed E-state index contributed by atoms with van der Waals surface area (Å²) in [4.78, 5) is 2.45. The first-order valence-corrected chi connectivity index (χ1v) is 21.1. The zero-order chi connectivity index (χ0) is 40.1. The third-order valence-electron chi connectivity index (χ3n) is 13.3. The zero-order valence-electron chi connectivity index (χ0n) is 33.2. The van der Waals surface area contributed by atoms with E-state index < -0.39 is 5.41 Å². The maximum atomic E-state index is 6.83. The Balaban J connectivity index is 1.11. The highest BCUT2D eigenvalue weighted by atomic mass is 16.3. The topological polar surface area (TPSA) is 16.4 Å². The molecule has 10 aromatic carbocycles. The van der Waals surface area contributed by atoms with Gasteiger partial charge in [-0.1, -0.05) is 182 Å². The lowest BCUT2D eigenvalue weighted by Crippen LogP contribution is -2.26. The first kappa shape index (κ1) is 34.0. The molecule has 0 amide bonds. The van der Waals surface area contributed by atoms with Crippen molar-refractivity contribution in [2.45, 2.75) is 5.41 Å². The molecule has 0 atom stereocenters. The Morgan fingerprint density at radius 1 is 0.328 bits per heavy atom. The van der Waals surface area contributed by atoms with Crippen LogP contribution in [0.5, 0.6) is 0 Å². The van der Waals surface area contributed by atoms with E-state index in [0.29, 0.717) is 0 Å². The summed E-state index contributed by atoms with van der Waals surface area (Å²) in [6, 6.07) is 82.3. The Labute approximate surface area is 354 Å². The summed E-state index contributed by atoms with van der Waals surface area (Å²) in [5, 5.41) is 4.65. The summed E-state index contributed by atoms with van der Waals surface area (Å²) in [5.74, 6) is 0. The zero-order valence-corrected chi connectivity index (χ0v) is 33.2. The quantitative estimate of drug-likeness (QED) is 0.173. The van der Waals surface area contributed by atoms with E-state index in [9.17, 15) is 0 Å². The van der Waals surface area contributed by atoms with Gasteiger partial charge in [0, 0.05) is 33.8 Å². The molecule has 1 heterocycles. The van der Waals surface area contributed by atoms with Crippen LogP contribution >= 0.6 is 0 Å². The van der Waals surface area contributed by atoms with Gasteiger partial charge in [0.1, 0.15) is 11.2 Å². The van der Waals surface area contributed by atoms with E-state index in [-0.39, 0.29) is 0 Å². The maximum absolute atomic E-state index is 6.83. The van der Waals surface area contributed by atoms with Crippen molar-refractivity contribution < 1.29 is 4.42 Å². The molecule has 11 aromatic rings. The second kappa shape index (κ2) is 13.0. The lowest BCUT2D eigenvalue weighted by atomic mass is 9.70. The second-order valence-corrected chi connectivity index (χ2v) is 16.4. The van der Waals surface area contributed by atoms with Crippen molar-refractivity contribution in [2.24, 2.45) is 0 Å².